The van der Waals surface area contributed by atoms with Gasteiger partial charge in [0, 0.05) is 43.2 Å². The Morgan fingerprint density at radius 1 is 1.41 bits per heavy atom. The van der Waals surface area contributed by atoms with Crippen LogP contribution in [0.25, 0.3) is 10.9 Å². The SMILES string of the molecule is C#CCC(C)NCc1cn(C)c2ccccc12. The molecular formula is C15H18N2. The van der Waals surface area contributed by atoms with Crippen molar-refractivity contribution in [1.82, 2.24) is 9.88 Å². The number of rotatable bonds is 4. The largest absolute Gasteiger partial charge is 0.350 e. The average Bonchev–Trinajstić information content (AvgIpc) is 2.65. The van der Waals surface area contributed by atoms with Gasteiger partial charge in [-0.05, 0) is 18.6 Å². The summed E-state index contributed by atoms with van der Waals surface area (Å²) in [6, 6.07) is 8.82. The van der Waals surface area contributed by atoms with Gasteiger partial charge >= 0.3 is 0 Å². The smallest absolute Gasteiger partial charge is 0.0481 e. The number of terminal acetylenes is 1. The van der Waals surface area contributed by atoms with Crippen LogP contribution in [-0.2, 0) is 13.6 Å². The third-order valence-electron chi connectivity index (χ3n) is 3.04. The van der Waals surface area contributed by atoms with E-state index in [-0.39, 0.29) is 0 Å². The van der Waals surface area contributed by atoms with Gasteiger partial charge in [-0.1, -0.05) is 18.2 Å². The minimum Gasteiger partial charge on any atom is -0.350 e. The van der Waals surface area contributed by atoms with Crippen molar-refractivity contribution in [2.75, 3.05) is 0 Å². The fourth-order valence-electron chi connectivity index (χ4n) is 2.10. The molecule has 1 unspecified atom stereocenters. The number of hydrogen-bond donors (Lipinski definition) is 1. The van der Waals surface area contributed by atoms with E-state index in [9.17, 15) is 0 Å². The molecule has 88 valence electrons. The Hall–Kier alpha value is -1.72. The van der Waals surface area contributed by atoms with E-state index in [2.05, 4.69) is 60.2 Å². The maximum Gasteiger partial charge on any atom is 0.0481 e. The number of nitrogens with zero attached hydrogens (tertiary/aromatic N) is 1. The van der Waals surface area contributed by atoms with Crippen LogP contribution in [0.4, 0.5) is 0 Å². The summed E-state index contributed by atoms with van der Waals surface area (Å²) in [4.78, 5) is 0. The van der Waals surface area contributed by atoms with Crippen molar-refractivity contribution in [2.24, 2.45) is 7.05 Å². The van der Waals surface area contributed by atoms with Gasteiger partial charge in [0.1, 0.15) is 0 Å². The van der Waals surface area contributed by atoms with Crippen molar-refractivity contribution in [2.45, 2.75) is 25.9 Å². The highest BCUT2D eigenvalue weighted by molar-refractivity contribution is 5.83. The first-order valence-electron chi connectivity index (χ1n) is 5.92. The maximum atomic E-state index is 5.30. The van der Waals surface area contributed by atoms with Crippen molar-refractivity contribution >= 4 is 10.9 Å². The van der Waals surface area contributed by atoms with Crippen molar-refractivity contribution in [3.05, 3.63) is 36.0 Å². The normalized spacial score (nSPS) is 12.5. The molecule has 2 nitrogen and oxygen atoms in total. The standard InChI is InChI=1S/C15H18N2/c1-4-7-12(2)16-10-13-11-17(3)15-9-6-5-8-14(13)15/h1,5-6,8-9,11-12,16H,7,10H2,2-3H3. The summed E-state index contributed by atoms with van der Waals surface area (Å²) >= 11 is 0. The van der Waals surface area contributed by atoms with E-state index in [1.165, 1.54) is 16.5 Å². The Morgan fingerprint density at radius 3 is 2.94 bits per heavy atom. The first kappa shape index (κ1) is 11.8. The van der Waals surface area contributed by atoms with Gasteiger partial charge in [0.2, 0.25) is 0 Å². The van der Waals surface area contributed by atoms with E-state index < -0.39 is 0 Å². The molecule has 1 N–H and O–H groups in total. The van der Waals surface area contributed by atoms with E-state index in [0.29, 0.717) is 6.04 Å². The Balaban J connectivity index is 2.17. The number of aryl methyl sites for hydroxylation is 1. The molecule has 2 rings (SSSR count). The Morgan fingerprint density at radius 2 is 2.18 bits per heavy atom. The van der Waals surface area contributed by atoms with E-state index in [0.717, 1.165) is 13.0 Å². The number of nitrogens with one attached hydrogen (secondary N) is 1. The van der Waals surface area contributed by atoms with E-state index in [1.807, 2.05) is 0 Å². The second-order valence-corrected chi connectivity index (χ2v) is 4.47. The van der Waals surface area contributed by atoms with Gasteiger partial charge in [-0.25, -0.2) is 0 Å². The molecule has 0 aliphatic heterocycles. The number of hydrogen-bond acceptors (Lipinski definition) is 1. The minimum absolute atomic E-state index is 0.360. The summed E-state index contributed by atoms with van der Waals surface area (Å²) in [6.07, 6.45) is 8.25. The lowest BCUT2D eigenvalue weighted by Crippen LogP contribution is -2.24. The summed E-state index contributed by atoms with van der Waals surface area (Å²) in [5, 5.41) is 4.76. The molecule has 0 radical (unpaired) electrons. The molecule has 0 fully saturated rings. The fraction of sp³-hybridized carbons (Fsp3) is 0.333. The van der Waals surface area contributed by atoms with Crippen LogP contribution in [0.5, 0.6) is 0 Å². The highest BCUT2D eigenvalue weighted by Crippen LogP contribution is 2.20. The van der Waals surface area contributed by atoms with Gasteiger partial charge in [0.05, 0.1) is 0 Å². The fourth-order valence-corrected chi connectivity index (χ4v) is 2.10. The maximum absolute atomic E-state index is 5.30. The Labute approximate surface area is 103 Å². The van der Waals surface area contributed by atoms with Gasteiger partial charge in [-0.3, -0.25) is 0 Å². The molecule has 1 aromatic carbocycles. The third kappa shape index (κ3) is 2.51. The molecule has 0 amide bonds. The summed E-state index contributed by atoms with van der Waals surface area (Å²) in [5.41, 5.74) is 2.60. The second kappa shape index (κ2) is 5.07. The van der Waals surface area contributed by atoms with Crippen LogP contribution in [0, 0.1) is 12.3 Å². The van der Waals surface area contributed by atoms with Gasteiger partial charge in [0.15, 0.2) is 0 Å². The molecule has 0 saturated heterocycles. The summed E-state index contributed by atoms with van der Waals surface area (Å²) in [6.45, 7) is 2.98. The monoisotopic (exact) mass is 226 g/mol. The van der Waals surface area contributed by atoms with Crippen LogP contribution in [0.2, 0.25) is 0 Å². The van der Waals surface area contributed by atoms with Crippen molar-refractivity contribution in [3.8, 4) is 12.3 Å². The molecule has 1 heterocycles. The predicted octanol–water partition coefficient (Wildman–Crippen LogP) is 2.68. The predicted molar refractivity (Wildman–Crippen MR) is 72.7 cm³/mol. The highest BCUT2D eigenvalue weighted by Gasteiger charge is 2.06. The molecule has 2 heteroatoms. The molecule has 1 atom stereocenters. The number of aromatic nitrogens is 1. The van der Waals surface area contributed by atoms with Gasteiger partial charge in [0.25, 0.3) is 0 Å². The van der Waals surface area contributed by atoms with Crippen LogP contribution in [-0.4, -0.2) is 10.6 Å². The van der Waals surface area contributed by atoms with Gasteiger partial charge in [-0.15, -0.1) is 12.3 Å². The molecule has 17 heavy (non-hydrogen) atoms. The van der Waals surface area contributed by atoms with Gasteiger partial charge < -0.3 is 9.88 Å². The van der Waals surface area contributed by atoms with Crippen molar-refractivity contribution < 1.29 is 0 Å². The van der Waals surface area contributed by atoms with E-state index in [1.54, 1.807) is 0 Å². The quantitative estimate of drug-likeness (QED) is 0.793. The van der Waals surface area contributed by atoms with Crippen LogP contribution in [0.1, 0.15) is 18.9 Å². The molecule has 0 saturated carbocycles. The van der Waals surface area contributed by atoms with Crippen LogP contribution in [0.3, 0.4) is 0 Å². The molecule has 2 aromatic rings. The topological polar surface area (TPSA) is 17.0 Å². The molecule has 0 aliphatic carbocycles. The number of fused-ring (bicyclic) bond motifs is 1. The first-order chi connectivity index (χ1) is 8.22. The number of para-hydroxylation sites is 1. The Kier molecular flexibility index (Phi) is 3.51. The molecule has 0 aliphatic rings. The summed E-state index contributed by atoms with van der Waals surface area (Å²) < 4.78 is 2.16. The molecule has 0 spiro atoms. The lowest BCUT2D eigenvalue weighted by molar-refractivity contribution is 0.560. The Bertz CT molecular complexity index is 546. The highest BCUT2D eigenvalue weighted by atomic mass is 14.9. The van der Waals surface area contributed by atoms with Crippen LogP contribution < -0.4 is 5.32 Å². The molecule has 1 aromatic heterocycles. The first-order valence-corrected chi connectivity index (χ1v) is 5.92. The lowest BCUT2D eigenvalue weighted by atomic mass is 10.1. The van der Waals surface area contributed by atoms with Crippen molar-refractivity contribution in [3.63, 3.8) is 0 Å². The average molecular weight is 226 g/mol. The minimum atomic E-state index is 0.360. The van der Waals surface area contributed by atoms with Crippen LogP contribution >= 0.6 is 0 Å². The van der Waals surface area contributed by atoms with E-state index >= 15 is 0 Å². The summed E-state index contributed by atoms with van der Waals surface area (Å²) in [7, 11) is 2.08. The molecule has 0 bridgehead atoms. The zero-order valence-electron chi connectivity index (χ0n) is 10.4. The van der Waals surface area contributed by atoms with E-state index in [4.69, 9.17) is 6.42 Å². The molecular weight excluding hydrogens is 208 g/mol. The number of benzene rings is 1. The third-order valence-corrected chi connectivity index (χ3v) is 3.04. The lowest BCUT2D eigenvalue weighted by Gasteiger charge is -2.09. The second-order valence-electron chi connectivity index (χ2n) is 4.47. The van der Waals surface area contributed by atoms with Crippen molar-refractivity contribution in [1.29, 1.82) is 0 Å². The zero-order chi connectivity index (χ0) is 12.3. The van der Waals surface area contributed by atoms with Gasteiger partial charge in [-0.2, -0.15) is 0 Å². The zero-order valence-corrected chi connectivity index (χ0v) is 10.4. The van der Waals surface area contributed by atoms with Crippen LogP contribution in [0.15, 0.2) is 30.5 Å². The summed E-state index contributed by atoms with van der Waals surface area (Å²) in [5.74, 6) is 2.68.